The second kappa shape index (κ2) is 8.81. The van der Waals surface area contributed by atoms with Crippen LogP contribution in [0.5, 0.6) is 5.75 Å². The van der Waals surface area contributed by atoms with E-state index in [4.69, 9.17) is 17.0 Å². The number of amides is 1. The molecule has 0 aliphatic rings. The maximum atomic E-state index is 12.1. The summed E-state index contributed by atoms with van der Waals surface area (Å²) in [7, 11) is 0. The number of carbonyl (C=O) groups is 1. The highest BCUT2D eigenvalue weighted by Gasteiger charge is 2.10. The Morgan fingerprint density at radius 3 is 2.31 bits per heavy atom. The predicted molar refractivity (Wildman–Crippen MR) is 111 cm³/mol. The molecule has 0 heterocycles. The minimum atomic E-state index is -0.292. The molecule has 26 heavy (non-hydrogen) atoms. The SMILES string of the molecule is Cc1cc(OCC(=O)NC(=S)Nc2c(C)cccc2C)ccc1C(C)C. The van der Waals surface area contributed by atoms with Crippen molar-refractivity contribution in [3.63, 3.8) is 0 Å². The number of anilines is 1. The van der Waals surface area contributed by atoms with Crippen LogP contribution in [0.4, 0.5) is 5.69 Å². The molecular formula is C21H26N2O2S. The number of benzene rings is 2. The lowest BCUT2D eigenvalue weighted by Gasteiger charge is -2.15. The van der Waals surface area contributed by atoms with E-state index < -0.39 is 0 Å². The van der Waals surface area contributed by atoms with Gasteiger partial charge in [0.25, 0.3) is 5.91 Å². The highest BCUT2D eigenvalue weighted by atomic mass is 32.1. The summed E-state index contributed by atoms with van der Waals surface area (Å²) in [6.07, 6.45) is 0. The van der Waals surface area contributed by atoms with Crippen molar-refractivity contribution in [3.05, 3.63) is 58.7 Å². The monoisotopic (exact) mass is 370 g/mol. The minimum Gasteiger partial charge on any atom is -0.484 e. The molecule has 2 rings (SSSR count). The van der Waals surface area contributed by atoms with Crippen molar-refractivity contribution in [3.8, 4) is 5.75 Å². The molecule has 0 bridgehead atoms. The Hall–Kier alpha value is -2.40. The van der Waals surface area contributed by atoms with E-state index in [1.807, 2.05) is 57.2 Å². The molecule has 2 N–H and O–H groups in total. The first-order chi connectivity index (χ1) is 12.3. The number of rotatable bonds is 5. The van der Waals surface area contributed by atoms with Crippen LogP contribution in [0.1, 0.15) is 42.0 Å². The fraction of sp³-hybridized carbons (Fsp3) is 0.333. The number of hydrogen-bond acceptors (Lipinski definition) is 3. The van der Waals surface area contributed by atoms with E-state index in [0.29, 0.717) is 11.7 Å². The maximum absolute atomic E-state index is 12.1. The van der Waals surface area contributed by atoms with Gasteiger partial charge in [0.05, 0.1) is 0 Å². The molecular weight excluding hydrogens is 344 g/mol. The first-order valence-corrected chi connectivity index (χ1v) is 9.09. The van der Waals surface area contributed by atoms with Gasteiger partial charge in [0, 0.05) is 5.69 Å². The average Bonchev–Trinajstić information content (AvgIpc) is 2.56. The van der Waals surface area contributed by atoms with Crippen LogP contribution < -0.4 is 15.4 Å². The fourth-order valence-electron chi connectivity index (χ4n) is 2.85. The number of nitrogens with one attached hydrogen (secondary N) is 2. The lowest BCUT2D eigenvalue weighted by Crippen LogP contribution is -2.37. The molecule has 5 heteroatoms. The summed E-state index contributed by atoms with van der Waals surface area (Å²) in [6, 6.07) is 11.9. The molecule has 0 radical (unpaired) electrons. The van der Waals surface area contributed by atoms with Gasteiger partial charge in [-0.15, -0.1) is 0 Å². The summed E-state index contributed by atoms with van der Waals surface area (Å²) in [5, 5.41) is 6.00. The summed E-state index contributed by atoms with van der Waals surface area (Å²) >= 11 is 5.23. The highest BCUT2D eigenvalue weighted by molar-refractivity contribution is 7.80. The average molecular weight is 371 g/mol. The van der Waals surface area contributed by atoms with Crippen molar-refractivity contribution in [2.75, 3.05) is 11.9 Å². The molecule has 0 unspecified atom stereocenters. The Morgan fingerprint density at radius 2 is 1.73 bits per heavy atom. The van der Waals surface area contributed by atoms with Gasteiger partial charge in [-0.25, -0.2) is 0 Å². The zero-order valence-electron chi connectivity index (χ0n) is 16.0. The number of para-hydroxylation sites is 1. The highest BCUT2D eigenvalue weighted by Crippen LogP contribution is 2.23. The third-order valence-corrected chi connectivity index (χ3v) is 4.41. The van der Waals surface area contributed by atoms with E-state index in [1.54, 1.807) is 0 Å². The molecule has 1 amide bonds. The molecule has 0 saturated carbocycles. The largest absolute Gasteiger partial charge is 0.484 e. The third kappa shape index (κ3) is 5.30. The van der Waals surface area contributed by atoms with Crippen molar-refractivity contribution in [1.82, 2.24) is 5.32 Å². The van der Waals surface area contributed by atoms with Gasteiger partial charge in [0.15, 0.2) is 11.7 Å². The molecule has 0 aliphatic heterocycles. The van der Waals surface area contributed by atoms with Crippen molar-refractivity contribution < 1.29 is 9.53 Å². The van der Waals surface area contributed by atoms with E-state index in [9.17, 15) is 4.79 Å². The number of ether oxygens (including phenoxy) is 1. The van der Waals surface area contributed by atoms with Gasteiger partial charge < -0.3 is 10.1 Å². The first-order valence-electron chi connectivity index (χ1n) is 8.68. The van der Waals surface area contributed by atoms with Gasteiger partial charge in [-0.3, -0.25) is 10.1 Å². The first kappa shape index (κ1) is 19.9. The Kier molecular flexibility index (Phi) is 6.75. The van der Waals surface area contributed by atoms with Crippen LogP contribution >= 0.6 is 12.2 Å². The molecule has 0 spiro atoms. The maximum Gasteiger partial charge on any atom is 0.264 e. The van der Waals surface area contributed by atoms with E-state index in [2.05, 4.69) is 24.5 Å². The molecule has 0 aliphatic carbocycles. The normalized spacial score (nSPS) is 10.5. The van der Waals surface area contributed by atoms with Crippen LogP contribution in [-0.2, 0) is 4.79 Å². The summed E-state index contributed by atoms with van der Waals surface area (Å²) < 4.78 is 5.58. The molecule has 138 valence electrons. The van der Waals surface area contributed by atoms with Crippen molar-refractivity contribution in [2.45, 2.75) is 40.5 Å². The smallest absolute Gasteiger partial charge is 0.264 e. The molecule has 2 aromatic rings. The van der Waals surface area contributed by atoms with Gasteiger partial charge in [-0.2, -0.15) is 0 Å². The number of carbonyl (C=O) groups excluding carboxylic acids is 1. The second-order valence-corrected chi connectivity index (χ2v) is 7.14. The van der Waals surface area contributed by atoms with Crippen LogP contribution in [0.15, 0.2) is 36.4 Å². The summed E-state index contributed by atoms with van der Waals surface area (Å²) in [5.74, 6) is 0.843. The van der Waals surface area contributed by atoms with E-state index in [0.717, 1.165) is 22.4 Å². The minimum absolute atomic E-state index is 0.0883. The summed E-state index contributed by atoms with van der Waals surface area (Å²) in [6.45, 7) is 10.2. The fourth-order valence-corrected chi connectivity index (χ4v) is 3.07. The molecule has 0 aromatic heterocycles. The van der Waals surface area contributed by atoms with Gasteiger partial charge in [-0.1, -0.05) is 38.1 Å². The van der Waals surface area contributed by atoms with Gasteiger partial charge in [0.1, 0.15) is 5.75 Å². The van der Waals surface area contributed by atoms with E-state index in [1.165, 1.54) is 5.56 Å². The molecule has 4 nitrogen and oxygen atoms in total. The van der Waals surface area contributed by atoms with Gasteiger partial charge >= 0.3 is 0 Å². The molecule has 0 atom stereocenters. The van der Waals surface area contributed by atoms with E-state index >= 15 is 0 Å². The lowest BCUT2D eigenvalue weighted by molar-refractivity contribution is -0.121. The van der Waals surface area contributed by atoms with Gasteiger partial charge in [0.2, 0.25) is 0 Å². The second-order valence-electron chi connectivity index (χ2n) is 6.73. The van der Waals surface area contributed by atoms with Crippen LogP contribution in [0.25, 0.3) is 0 Å². The van der Waals surface area contributed by atoms with Crippen molar-refractivity contribution >= 4 is 28.9 Å². The topological polar surface area (TPSA) is 50.4 Å². The van der Waals surface area contributed by atoms with Crippen LogP contribution in [0.2, 0.25) is 0 Å². The van der Waals surface area contributed by atoms with Crippen molar-refractivity contribution in [2.24, 2.45) is 0 Å². The summed E-state index contributed by atoms with van der Waals surface area (Å²) in [4.78, 5) is 12.1. The number of hydrogen-bond donors (Lipinski definition) is 2. The molecule has 0 fully saturated rings. The van der Waals surface area contributed by atoms with Crippen LogP contribution in [-0.4, -0.2) is 17.6 Å². The summed E-state index contributed by atoms with van der Waals surface area (Å²) in [5.41, 5.74) is 5.49. The zero-order chi connectivity index (χ0) is 19.3. The van der Waals surface area contributed by atoms with Crippen LogP contribution in [0.3, 0.4) is 0 Å². The number of thiocarbonyl (C=S) groups is 1. The Morgan fingerprint density at radius 1 is 1.08 bits per heavy atom. The van der Waals surface area contributed by atoms with Crippen LogP contribution in [0, 0.1) is 20.8 Å². The van der Waals surface area contributed by atoms with Crippen molar-refractivity contribution in [1.29, 1.82) is 0 Å². The molecule has 0 saturated heterocycles. The Balaban J connectivity index is 1.89. The number of aryl methyl sites for hydroxylation is 3. The quantitative estimate of drug-likeness (QED) is 0.754. The standard InChI is InChI=1S/C21H26N2O2S/c1-13(2)18-10-9-17(11-16(18)5)25-12-19(24)22-21(26)23-20-14(3)7-6-8-15(20)4/h6-11,13H,12H2,1-5H3,(H2,22,23,24,26). The third-order valence-electron chi connectivity index (χ3n) is 4.21. The van der Waals surface area contributed by atoms with E-state index in [-0.39, 0.29) is 17.6 Å². The van der Waals surface area contributed by atoms with Gasteiger partial charge in [-0.05, 0) is 73.3 Å². The predicted octanol–water partition coefficient (Wildman–Crippen LogP) is 4.63. The zero-order valence-corrected chi connectivity index (χ0v) is 16.8. The Bertz CT molecular complexity index is 795. The molecule has 2 aromatic carbocycles. The lowest BCUT2D eigenvalue weighted by atomic mass is 9.98. The Labute approximate surface area is 161 Å².